The van der Waals surface area contributed by atoms with E-state index in [1.165, 1.54) is 32.4 Å². The predicted octanol–water partition coefficient (Wildman–Crippen LogP) is 3.11. The van der Waals surface area contributed by atoms with E-state index in [0.717, 1.165) is 55.8 Å². The first kappa shape index (κ1) is 18.6. The van der Waals surface area contributed by atoms with Crippen molar-refractivity contribution in [3.63, 3.8) is 0 Å². The van der Waals surface area contributed by atoms with E-state index in [0.29, 0.717) is 12.6 Å². The average molecular weight is 373 g/mol. The highest BCUT2D eigenvalue weighted by atomic mass is 16.5. The molecule has 2 saturated heterocycles. The van der Waals surface area contributed by atoms with Gasteiger partial charge in [-0.3, -0.25) is 4.79 Å². The Hall–Kier alpha value is -1.75. The normalized spacial score (nSPS) is 25.7. The minimum absolute atomic E-state index is 0.0722. The van der Waals surface area contributed by atoms with Gasteiger partial charge in [-0.2, -0.15) is 0 Å². The maximum atomic E-state index is 13.3. The van der Waals surface area contributed by atoms with Crippen LogP contribution in [-0.4, -0.2) is 61.6 Å². The molecular formula is C22H32N2O3. The molecule has 0 N–H and O–H groups in total. The zero-order chi connectivity index (χ0) is 18.6. The first-order valence-electron chi connectivity index (χ1n) is 10.6. The SMILES string of the molecule is COc1cccc2c1OC[C@@H](C(=O)N1CCCC[C@@H]1CCN1CCCC1)C2. The lowest BCUT2D eigenvalue weighted by Crippen LogP contribution is -2.49. The van der Waals surface area contributed by atoms with Crippen LogP contribution in [-0.2, 0) is 11.2 Å². The Labute approximate surface area is 162 Å². The van der Waals surface area contributed by atoms with Crippen molar-refractivity contribution in [2.24, 2.45) is 5.92 Å². The van der Waals surface area contributed by atoms with E-state index < -0.39 is 0 Å². The number of piperidine rings is 1. The monoisotopic (exact) mass is 372 g/mol. The first-order valence-corrected chi connectivity index (χ1v) is 10.6. The quantitative estimate of drug-likeness (QED) is 0.796. The molecule has 5 heteroatoms. The van der Waals surface area contributed by atoms with E-state index >= 15 is 0 Å². The molecule has 0 saturated carbocycles. The highest BCUT2D eigenvalue weighted by molar-refractivity contribution is 5.80. The fourth-order valence-corrected chi connectivity index (χ4v) is 4.88. The van der Waals surface area contributed by atoms with Crippen LogP contribution in [0.25, 0.3) is 0 Å². The van der Waals surface area contributed by atoms with E-state index in [1.807, 2.05) is 12.1 Å². The Bertz CT molecular complexity index is 657. The topological polar surface area (TPSA) is 42.0 Å². The molecule has 148 valence electrons. The summed E-state index contributed by atoms with van der Waals surface area (Å²) in [5.41, 5.74) is 1.09. The molecule has 3 aliphatic rings. The highest BCUT2D eigenvalue weighted by Gasteiger charge is 2.35. The van der Waals surface area contributed by atoms with Crippen molar-refractivity contribution < 1.29 is 14.3 Å². The maximum Gasteiger partial charge on any atom is 0.229 e. The van der Waals surface area contributed by atoms with Gasteiger partial charge in [0.25, 0.3) is 0 Å². The van der Waals surface area contributed by atoms with Crippen molar-refractivity contribution in [2.75, 3.05) is 39.9 Å². The highest BCUT2D eigenvalue weighted by Crippen LogP contribution is 2.37. The van der Waals surface area contributed by atoms with E-state index in [9.17, 15) is 4.79 Å². The number of hydrogen-bond donors (Lipinski definition) is 0. The van der Waals surface area contributed by atoms with E-state index in [2.05, 4.69) is 15.9 Å². The average Bonchev–Trinajstić information content (AvgIpc) is 3.24. The Morgan fingerprint density at radius 3 is 2.81 bits per heavy atom. The van der Waals surface area contributed by atoms with E-state index in [1.54, 1.807) is 7.11 Å². The molecule has 0 aromatic heterocycles. The molecule has 0 radical (unpaired) electrons. The third kappa shape index (κ3) is 4.08. The fraction of sp³-hybridized carbons (Fsp3) is 0.682. The number of methoxy groups -OCH3 is 1. The van der Waals surface area contributed by atoms with Crippen LogP contribution in [0.3, 0.4) is 0 Å². The van der Waals surface area contributed by atoms with Gasteiger partial charge in [0.15, 0.2) is 11.5 Å². The van der Waals surface area contributed by atoms with E-state index in [-0.39, 0.29) is 11.8 Å². The van der Waals surface area contributed by atoms with Gasteiger partial charge in [0.05, 0.1) is 13.0 Å². The summed E-state index contributed by atoms with van der Waals surface area (Å²) < 4.78 is 11.4. The number of likely N-dealkylation sites (tertiary alicyclic amines) is 2. The summed E-state index contributed by atoms with van der Waals surface area (Å²) in [5.74, 6) is 1.79. The molecule has 5 nitrogen and oxygen atoms in total. The van der Waals surface area contributed by atoms with Crippen molar-refractivity contribution in [3.8, 4) is 11.5 Å². The van der Waals surface area contributed by atoms with Gasteiger partial charge < -0.3 is 19.3 Å². The van der Waals surface area contributed by atoms with Crippen LogP contribution in [0.2, 0.25) is 0 Å². The molecule has 1 aromatic carbocycles. The predicted molar refractivity (Wildman–Crippen MR) is 105 cm³/mol. The summed E-state index contributed by atoms with van der Waals surface area (Å²) in [7, 11) is 1.66. The standard InChI is InChI=1S/C22H32N2O3/c1-26-20-9-6-7-17-15-18(16-27-21(17)20)22(25)24-13-3-2-8-19(24)10-14-23-11-4-5-12-23/h6-7,9,18-19H,2-5,8,10-16H2,1H3/t18-,19+/m0/s1. The molecule has 2 fully saturated rings. The van der Waals surface area contributed by atoms with Gasteiger partial charge in [-0.15, -0.1) is 0 Å². The number of hydrogen-bond acceptors (Lipinski definition) is 4. The molecule has 0 aliphatic carbocycles. The Morgan fingerprint density at radius 1 is 1.19 bits per heavy atom. The number of benzene rings is 1. The van der Waals surface area contributed by atoms with Crippen LogP contribution in [0.15, 0.2) is 18.2 Å². The van der Waals surface area contributed by atoms with Crippen LogP contribution < -0.4 is 9.47 Å². The lowest BCUT2D eigenvalue weighted by molar-refractivity contribution is -0.141. The van der Waals surface area contributed by atoms with Gasteiger partial charge in [-0.25, -0.2) is 0 Å². The zero-order valence-corrected chi connectivity index (χ0v) is 16.5. The Kier molecular flexibility index (Phi) is 5.86. The molecule has 27 heavy (non-hydrogen) atoms. The molecule has 0 spiro atoms. The number of ether oxygens (including phenoxy) is 2. The van der Waals surface area contributed by atoms with Crippen LogP contribution in [0.4, 0.5) is 0 Å². The smallest absolute Gasteiger partial charge is 0.229 e. The van der Waals surface area contributed by atoms with E-state index in [4.69, 9.17) is 9.47 Å². The fourth-order valence-electron chi connectivity index (χ4n) is 4.88. The summed E-state index contributed by atoms with van der Waals surface area (Å²) >= 11 is 0. The zero-order valence-electron chi connectivity index (χ0n) is 16.5. The van der Waals surface area contributed by atoms with Crippen molar-refractivity contribution in [3.05, 3.63) is 23.8 Å². The molecule has 0 bridgehead atoms. The lowest BCUT2D eigenvalue weighted by atomic mass is 9.92. The molecule has 0 unspecified atom stereocenters. The van der Waals surface area contributed by atoms with Crippen LogP contribution in [0, 0.1) is 5.92 Å². The summed E-state index contributed by atoms with van der Waals surface area (Å²) in [6, 6.07) is 6.35. The van der Waals surface area contributed by atoms with Gasteiger partial charge in [0.2, 0.25) is 5.91 Å². The maximum absolute atomic E-state index is 13.3. The van der Waals surface area contributed by atoms with Gasteiger partial charge >= 0.3 is 0 Å². The van der Waals surface area contributed by atoms with Gasteiger partial charge in [0.1, 0.15) is 6.61 Å². The number of carbonyl (C=O) groups is 1. The van der Waals surface area contributed by atoms with Gasteiger partial charge in [-0.05, 0) is 69.7 Å². The van der Waals surface area contributed by atoms with Gasteiger partial charge in [0, 0.05) is 19.1 Å². The number of rotatable bonds is 5. The number of amides is 1. The number of carbonyl (C=O) groups excluding carboxylic acids is 1. The van der Waals surface area contributed by atoms with Crippen molar-refractivity contribution in [1.82, 2.24) is 9.80 Å². The number of para-hydroxylation sites is 1. The molecule has 3 aliphatic heterocycles. The largest absolute Gasteiger partial charge is 0.493 e. The second kappa shape index (κ2) is 8.51. The molecule has 2 atom stereocenters. The summed E-state index contributed by atoms with van der Waals surface area (Å²) in [4.78, 5) is 18.1. The number of fused-ring (bicyclic) bond motifs is 1. The van der Waals surface area contributed by atoms with Crippen LogP contribution in [0.1, 0.15) is 44.1 Å². The van der Waals surface area contributed by atoms with Crippen LogP contribution in [0.5, 0.6) is 11.5 Å². The second-order valence-electron chi connectivity index (χ2n) is 8.18. The Morgan fingerprint density at radius 2 is 2.00 bits per heavy atom. The number of nitrogens with zero attached hydrogens (tertiary/aromatic N) is 2. The second-order valence-corrected chi connectivity index (χ2v) is 8.18. The molecule has 4 rings (SSSR count). The first-order chi connectivity index (χ1) is 13.3. The minimum Gasteiger partial charge on any atom is -0.493 e. The van der Waals surface area contributed by atoms with Crippen molar-refractivity contribution in [2.45, 2.75) is 51.0 Å². The summed E-state index contributed by atoms with van der Waals surface area (Å²) in [6.07, 6.45) is 8.05. The molecule has 1 aromatic rings. The van der Waals surface area contributed by atoms with Crippen LogP contribution >= 0.6 is 0 Å². The Balaban J connectivity index is 1.40. The third-order valence-electron chi connectivity index (χ3n) is 6.41. The molecule has 3 heterocycles. The lowest BCUT2D eigenvalue weighted by Gasteiger charge is -2.39. The van der Waals surface area contributed by atoms with Crippen molar-refractivity contribution >= 4 is 5.91 Å². The van der Waals surface area contributed by atoms with Gasteiger partial charge in [-0.1, -0.05) is 12.1 Å². The summed E-state index contributed by atoms with van der Waals surface area (Å²) in [5, 5.41) is 0. The minimum atomic E-state index is -0.0722. The van der Waals surface area contributed by atoms with Crippen molar-refractivity contribution in [1.29, 1.82) is 0 Å². The summed E-state index contributed by atoms with van der Waals surface area (Å²) in [6.45, 7) is 4.97. The molecular weight excluding hydrogens is 340 g/mol. The third-order valence-corrected chi connectivity index (χ3v) is 6.41. The molecule has 1 amide bonds.